The van der Waals surface area contributed by atoms with Crippen LogP contribution in [-0.4, -0.2) is 13.0 Å². The van der Waals surface area contributed by atoms with Crippen LogP contribution in [0.2, 0.25) is 0 Å². The first-order valence-electron chi connectivity index (χ1n) is 5.89. The molecule has 0 saturated carbocycles. The molecule has 4 nitrogen and oxygen atoms in total. The average molecular weight is 246 g/mol. The Bertz CT molecular complexity index is 449. The molecule has 0 fully saturated rings. The number of rotatable bonds is 5. The summed E-state index contributed by atoms with van der Waals surface area (Å²) < 4.78 is 5.10. The Balaban J connectivity index is 2.77. The standard InChI is InChI=1S/C14H18N2O2/c1-10(2)7-14(17)16-13(9-15)11-5-4-6-12(8-11)18-3/h4-6,8,10,13H,7H2,1-3H3,(H,16,17). The summed E-state index contributed by atoms with van der Waals surface area (Å²) in [6, 6.07) is 8.60. The topological polar surface area (TPSA) is 62.1 Å². The molecule has 0 aromatic heterocycles. The Kier molecular flexibility index (Phi) is 5.19. The van der Waals surface area contributed by atoms with Gasteiger partial charge in [-0.05, 0) is 23.6 Å². The number of ether oxygens (including phenoxy) is 1. The highest BCUT2D eigenvalue weighted by Gasteiger charge is 2.15. The molecule has 0 aliphatic carbocycles. The van der Waals surface area contributed by atoms with Crippen LogP contribution in [0.1, 0.15) is 31.9 Å². The van der Waals surface area contributed by atoms with E-state index in [0.717, 1.165) is 5.56 Å². The van der Waals surface area contributed by atoms with Gasteiger partial charge in [0, 0.05) is 6.42 Å². The van der Waals surface area contributed by atoms with E-state index in [4.69, 9.17) is 10.00 Å². The molecule has 1 aromatic carbocycles. The van der Waals surface area contributed by atoms with Gasteiger partial charge in [-0.15, -0.1) is 0 Å². The van der Waals surface area contributed by atoms with Crippen LogP contribution in [-0.2, 0) is 4.79 Å². The maximum atomic E-state index is 11.7. The van der Waals surface area contributed by atoms with E-state index < -0.39 is 6.04 Å². The molecule has 1 atom stereocenters. The van der Waals surface area contributed by atoms with Gasteiger partial charge in [-0.3, -0.25) is 4.79 Å². The van der Waals surface area contributed by atoms with E-state index in [2.05, 4.69) is 11.4 Å². The second kappa shape index (κ2) is 6.65. The van der Waals surface area contributed by atoms with Crippen LogP contribution < -0.4 is 10.1 Å². The van der Waals surface area contributed by atoms with Crippen LogP contribution in [0.4, 0.5) is 0 Å². The molecular weight excluding hydrogens is 228 g/mol. The summed E-state index contributed by atoms with van der Waals surface area (Å²) in [6.07, 6.45) is 0.419. The van der Waals surface area contributed by atoms with Crippen molar-refractivity contribution in [2.75, 3.05) is 7.11 Å². The van der Waals surface area contributed by atoms with Crippen molar-refractivity contribution >= 4 is 5.91 Å². The van der Waals surface area contributed by atoms with Gasteiger partial charge in [0.25, 0.3) is 0 Å². The van der Waals surface area contributed by atoms with Crippen molar-refractivity contribution in [1.29, 1.82) is 5.26 Å². The monoisotopic (exact) mass is 246 g/mol. The summed E-state index contributed by atoms with van der Waals surface area (Å²) in [4.78, 5) is 11.7. The summed E-state index contributed by atoms with van der Waals surface area (Å²) >= 11 is 0. The Labute approximate surface area is 108 Å². The van der Waals surface area contributed by atoms with E-state index in [1.165, 1.54) is 0 Å². The van der Waals surface area contributed by atoms with Crippen LogP contribution in [0.5, 0.6) is 5.75 Å². The lowest BCUT2D eigenvalue weighted by Gasteiger charge is -2.13. The van der Waals surface area contributed by atoms with Gasteiger partial charge in [-0.2, -0.15) is 5.26 Å². The van der Waals surface area contributed by atoms with Crippen molar-refractivity contribution in [3.8, 4) is 11.8 Å². The number of hydrogen-bond acceptors (Lipinski definition) is 3. The van der Waals surface area contributed by atoms with E-state index in [1.54, 1.807) is 31.4 Å². The zero-order chi connectivity index (χ0) is 13.5. The normalized spacial score (nSPS) is 11.7. The number of benzene rings is 1. The van der Waals surface area contributed by atoms with Crippen molar-refractivity contribution in [2.45, 2.75) is 26.3 Å². The minimum Gasteiger partial charge on any atom is -0.497 e. The maximum absolute atomic E-state index is 11.7. The first-order chi connectivity index (χ1) is 8.56. The molecule has 1 rings (SSSR count). The van der Waals surface area contributed by atoms with E-state index in [9.17, 15) is 4.79 Å². The molecule has 0 radical (unpaired) electrons. The predicted molar refractivity (Wildman–Crippen MR) is 68.9 cm³/mol. The molecule has 1 amide bonds. The van der Waals surface area contributed by atoms with Gasteiger partial charge >= 0.3 is 0 Å². The van der Waals surface area contributed by atoms with Crippen molar-refractivity contribution < 1.29 is 9.53 Å². The van der Waals surface area contributed by atoms with Gasteiger partial charge in [-0.25, -0.2) is 0 Å². The highest BCUT2D eigenvalue weighted by Crippen LogP contribution is 2.19. The average Bonchev–Trinajstić information content (AvgIpc) is 2.35. The zero-order valence-electron chi connectivity index (χ0n) is 10.9. The molecule has 0 aliphatic rings. The smallest absolute Gasteiger partial charge is 0.221 e. The minimum atomic E-state index is -0.633. The van der Waals surface area contributed by atoms with Crippen LogP contribution >= 0.6 is 0 Å². The van der Waals surface area contributed by atoms with Crippen LogP contribution in [0.25, 0.3) is 0 Å². The third-order valence-corrected chi connectivity index (χ3v) is 2.46. The number of amides is 1. The Morgan fingerprint density at radius 2 is 2.22 bits per heavy atom. The van der Waals surface area contributed by atoms with Gasteiger partial charge in [0.1, 0.15) is 11.8 Å². The van der Waals surface area contributed by atoms with E-state index in [1.807, 2.05) is 13.8 Å². The van der Waals surface area contributed by atoms with Gasteiger partial charge in [0.15, 0.2) is 0 Å². The minimum absolute atomic E-state index is 0.112. The number of nitrogens with zero attached hydrogens (tertiary/aromatic N) is 1. The Morgan fingerprint density at radius 3 is 2.78 bits per heavy atom. The fraction of sp³-hybridized carbons (Fsp3) is 0.429. The van der Waals surface area contributed by atoms with Crippen LogP contribution in [0, 0.1) is 17.2 Å². The van der Waals surface area contributed by atoms with E-state index >= 15 is 0 Å². The Hall–Kier alpha value is -2.02. The number of hydrogen-bond donors (Lipinski definition) is 1. The largest absolute Gasteiger partial charge is 0.497 e. The highest BCUT2D eigenvalue weighted by molar-refractivity contribution is 5.77. The van der Waals surface area contributed by atoms with Crippen molar-refractivity contribution in [2.24, 2.45) is 5.92 Å². The van der Waals surface area contributed by atoms with Gasteiger partial charge in [-0.1, -0.05) is 26.0 Å². The number of nitrogens with one attached hydrogen (secondary N) is 1. The molecule has 1 aromatic rings. The lowest BCUT2D eigenvalue weighted by atomic mass is 10.1. The quantitative estimate of drug-likeness (QED) is 0.867. The van der Waals surface area contributed by atoms with Crippen molar-refractivity contribution in [1.82, 2.24) is 5.32 Å². The SMILES string of the molecule is COc1cccc(C(C#N)NC(=O)CC(C)C)c1. The maximum Gasteiger partial charge on any atom is 0.221 e. The van der Waals surface area contributed by atoms with Crippen LogP contribution in [0.15, 0.2) is 24.3 Å². The molecule has 96 valence electrons. The Morgan fingerprint density at radius 1 is 1.50 bits per heavy atom. The molecule has 1 N–H and O–H groups in total. The summed E-state index contributed by atoms with van der Waals surface area (Å²) in [6.45, 7) is 3.93. The van der Waals surface area contributed by atoms with Gasteiger partial charge in [0.05, 0.1) is 13.2 Å². The second-order valence-corrected chi connectivity index (χ2v) is 4.50. The number of methoxy groups -OCH3 is 1. The van der Waals surface area contributed by atoms with Crippen LogP contribution in [0.3, 0.4) is 0 Å². The summed E-state index contributed by atoms with van der Waals surface area (Å²) in [5, 5.41) is 11.8. The first-order valence-corrected chi connectivity index (χ1v) is 5.89. The number of carbonyl (C=O) groups is 1. The first kappa shape index (κ1) is 14.0. The molecule has 0 heterocycles. The third kappa shape index (κ3) is 4.10. The third-order valence-electron chi connectivity index (χ3n) is 2.46. The molecule has 1 unspecified atom stereocenters. The van der Waals surface area contributed by atoms with Gasteiger partial charge in [0.2, 0.25) is 5.91 Å². The molecule has 0 aliphatic heterocycles. The van der Waals surface area contributed by atoms with Gasteiger partial charge < -0.3 is 10.1 Å². The molecule has 0 saturated heterocycles. The van der Waals surface area contributed by atoms with E-state index in [-0.39, 0.29) is 11.8 Å². The summed E-state index contributed by atoms with van der Waals surface area (Å²) in [7, 11) is 1.57. The van der Waals surface area contributed by atoms with Crippen molar-refractivity contribution in [3.63, 3.8) is 0 Å². The molecule has 0 spiro atoms. The lowest BCUT2D eigenvalue weighted by Crippen LogP contribution is -2.28. The molecule has 18 heavy (non-hydrogen) atoms. The fourth-order valence-electron chi connectivity index (χ4n) is 1.60. The summed E-state index contributed by atoms with van der Waals surface area (Å²) in [5.41, 5.74) is 0.731. The molecule has 0 bridgehead atoms. The zero-order valence-corrected chi connectivity index (χ0v) is 10.9. The van der Waals surface area contributed by atoms with Crippen molar-refractivity contribution in [3.05, 3.63) is 29.8 Å². The number of nitriles is 1. The second-order valence-electron chi connectivity index (χ2n) is 4.50. The fourth-order valence-corrected chi connectivity index (χ4v) is 1.60. The van der Waals surface area contributed by atoms with E-state index in [0.29, 0.717) is 12.2 Å². The number of carbonyl (C=O) groups excluding carboxylic acids is 1. The highest BCUT2D eigenvalue weighted by atomic mass is 16.5. The predicted octanol–water partition coefficient (Wildman–Crippen LogP) is 2.42. The molecular formula is C14H18N2O2. The molecule has 4 heteroatoms. The lowest BCUT2D eigenvalue weighted by molar-refractivity contribution is -0.122. The summed E-state index contributed by atoms with van der Waals surface area (Å²) in [5.74, 6) is 0.833.